The number of carbonyl (C=O) groups is 1. The van der Waals surface area contributed by atoms with Crippen molar-refractivity contribution in [3.63, 3.8) is 0 Å². The predicted octanol–water partition coefficient (Wildman–Crippen LogP) is 2.97. The number of benzene rings is 2. The van der Waals surface area contributed by atoms with Crippen molar-refractivity contribution in [2.45, 2.75) is 33.2 Å². The molecule has 0 spiro atoms. The summed E-state index contributed by atoms with van der Waals surface area (Å²) in [4.78, 5) is 12.1. The summed E-state index contributed by atoms with van der Waals surface area (Å²) in [5, 5.41) is 2.92. The monoisotopic (exact) mass is 296 g/mol. The van der Waals surface area contributed by atoms with Crippen LogP contribution in [0.4, 0.5) is 0 Å². The van der Waals surface area contributed by atoms with E-state index in [1.165, 1.54) is 16.7 Å². The van der Waals surface area contributed by atoms with Gasteiger partial charge in [-0.15, -0.1) is 0 Å². The SMILES string of the molecule is Cc1ccc(C(N)C(=O)NCCc2cc(C)cc(C)c2)cc1. The van der Waals surface area contributed by atoms with Gasteiger partial charge in [0.1, 0.15) is 6.04 Å². The van der Waals surface area contributed by atoms with Crippen LogP contribution in [-0.4, -0.2) is 12.5 Å². The molecular formula is C19H24N2O. The van der Waals surface area contributed by atoms with Crippen molar-refractivity contribution in [1.82, 2.24) is 5.32 Å². The summed E-state index contributed by atoms with van der Waals surface area (Å²) < 4.78 is 0. The van der Waals surface area contributed by atoms with Gasteiger partial charge in [0.25, 0.3) is 0 Å². The molecule has 1 amide bonds. The van der Waals surface area contributed by atoms with E-state index < -0.39 is 6.04 Å². The topological polar surface area (TPSA) is 55.1 Å². The fourth-order valence-electron chi connectivity index (χ4n) is 2.58. The first-order valence-electron chi connectivity index (χ1n) is 7.63. The number of carbonyl (C=O) groups excluding carboxylic acids is 1. The van der Waals surface area contributed by atoms with Gasteiger partial charge in [-0.05, 0) is 38.3 Å². The molecule has 1 atom stereocenters. The number of nitrogens with one attached hydrogen (secondary N) is 1. The van der Waals surface area contributed by atoms with Crippen molar-refractivity contribution in [1.29, 1.82) is 0 Å². The van der Waals surface area contributed by atoms with Crippen LogP contribution in [0.25, 0.3) is 0 Å². The Morgan fingerprint density at radius 1 is 1.00 bits per heavy atom. The first-order chi connectivity index (χ1) is 10.5. The van der Waals surface area contributed by atoms with Crippen molar-refractivity contribution >= 4 is 5.91 Å². The smallest absolute Gasteiger partial charge is 0.241 e. The molecule has 116 valence electrons. The van der Waals surface area contributed by atoms with E-state index in [0.717, 1.165) is 17.5 Å². The van der Waals surface area contributed by atoms with E-state index in [1.54, 1.807) is 0 Å². The van der Waals surface area contributed by atoms with Crippen LogP contribution in [0, 0.1) is 20.8 Å². The zero-order valence-corrected chi connectivity index (χ0v) is 13.5. The number of hydrogen-bond acceptors (Lipinski definition) is 2. The summed E-state index contributed by atoms with van der Waals surface area (Å²) in [7, 11) is 0. The van der Waals surface area contributed by atoms with Gasteiger partial charge in [-0.25, -0.2) is 0 Å². The van der Waals surface area contributed by atoms with E-state index in [1.807, 2.05) is 31.2 Å². The van der Waals surface area contributed by atoms with Gasteiger partial charge in [-0.2, -0.15) is 0 Å². The normalized spacial score (nSPS) is 12.0. The van der Waals surface area contributed by atoms with Crippen LogP contribution in [0.15, 0.2) is 42.5 Å². The molecule has 0 radical (unpaired) electrons. The van der Waals surface area contributed by atoms with E-state index >= 15 is 0 Å². The molecule has 3 nitrogen and oxygen atoms in total. The predicted molar refractivity (Wildman–Crippen MR) is 90.7 cm³/mol. The van der Waals surface area contributed by atoms with Gasteiger partial charge in [-0.1, -0.05) is 59.2 Å². The lowest BCUT2D eigenvalue weighted by Gasteiger charge is -2.13. The van der Waals surface area contributed by atoms with Crippen LogP contribution in [0.3, 0.4) is 0 Å². The van der Waals surface area contributed by atoms with Gasteiger partial charge in [0.15, 0.2) is 0 Å². The first-order valence-corrected chi connectivity index (χ1v) is 7.63. The van der Waals surface area contributed by atoms with Crippen molar-refractivity contribution in [3.05, 3.63) is 70.3 Å². The lowest BCUT2D eigenvalue weighted by atomic mass is 10.0. The largest absolute Gasteiger partial charge is 0.354 e. The van der Waals surface area contributed by atoms with Crippen LogP contribution in [0.2, 0.25) is 0 Å². The van der Waals surface area contributed by atoms with E-state index in [0.29, 0.717) is 6.54 Å². The Balaban J connectivity index is 1.88. The summed E-state index contributed by atoms with van der Waals surface area (Å²) in [5.41, 5.74) is 11.7. The van der Waals surface area contributed by atoms with Gasteiger partial charge >= 0.3 is 0 Å². The lowest BCUT2D eigenvalue weighted by Crippen LogP contribution is -2.35. The van der Waals surface area contributed by atoms with Crippen LogP contribution in [0.5, 0.6) is 0 Å². The summed E-state index contributed by atoms with van der Waals surface area (Å²) in [6.45, 7) is 6.78. The van der Waals surface area contributed by atoms with Crippen LogP contribution in [0.1, 0.15) is 33.9 Å². The van der Waals surface area contributed by atoms with Crippen LogP contribution in [-0.2, 0) is 11.2 Å². The number of nitrogens with two attached hydrogens (primary N) is 1. The highest BCUT2D eigenvalue weighted by atomic mass is 16.2. The standard InChI is InChI=1S/C19H24N2O/c1-13-4-6-17(7-5-13)18(20)19(22)21-9-8-16-11-14(2)10-15(3)12-16/h4-7,10-12,18H,8-9,20H2,1-3H3,(H,21,22). The Morgan fingerprint density at radius 2 is 1.59 bits per heavy atom. The maximum absolute atomic E-state index is 12.1. The fraction of sp³-hybridized carbons (Fsp3) is 0.316. The molecule has 3 N–H and O–H groups in total. The summed E-state index contributed by atoms with van der Waals surface area (Å²) in [6, 6.07) is 13.6. The molecule has 0 fully saturated rings. The second-order valence-corrected chi connectivity index (χ2v) is 5.93. The highest BCUT2D eigenvalue weighted by molar-refractivity contribution is 5.82. The van der Waals surface area contributed by atoms with Crippen molar-refractivity contribution < 1.29 is 4.79 Å². The fourth-order valence-corrected chi connectivity index (χ4v) is 2.58. The minimum Gasteiger partial charge on any atom is -0.354 e. The molecule has 2 aromatic rings. The Labute approximate surface area is 132 Å². The minimum atomic E-state index is -0.611. The third-order valence-corrected chi connectivity index (χ3v) is 3.71. The van der Waals surface area contributed by atoms with E-state index in [-0.39, 0.29) is 5.91 Å². The van der Waals surface area contributed by atoms with Gasteiger partial charge in [-0.3, -0.25) is 4.79 Å². The molecule has 0 saturated heterocycles. The van der Waals surface area contributed by atoms with Crippen molar-refractivity contribution in [3.8, 4) is 0 Å². The molecule has 0 aliphatic heterocycles. The third kappa shape index (κ3) is 4.43. The molecule has 0 saturated carbocycles. The summed E-state index contributed by atoms with van der Waals surface area (Å²) >= 11 is 0. The molecule has 22 heavy (non-hydrogen) atoms. The molecule has 0 aliphatic rings. The Bertz CT molecular complexity index is 627. The maximum Gasteiger partial charge on any atom is 0.241 e. The van der Waals surface area contributed by atoms with Gasteiger partial charge < -0.3 is 11.1 Å². The average molecular weight is 296 g/mol. The second kappa shape index (κ2) is 7.23. The lowest BCUT2D eigenvalue weighted by molar-refractivity contribution is -0.122. The summed E-state index contributed by atoms with van der Waals surface area (Å²) in [5.74, 6) is -0.131. The van der Waals surface area contributed by atoms with Gasteiger partial charge in [0.05, 0.1) is 0 Å². The molecule has 2 rings (SSSR count). The van der Waals surface area contributed by atoms with Crippen molar-refractivity contribution in [2.75, 3.05) is 6.54 Å². The molecular weight excluding hydrogens is 272 g/mol. The quantitative estimate of drug-likeness (QED) is 0.891. The third-order valence-electron chi connectivity index (χ3n) is 3.71. The zero-order valence-electron chi connectivity index (χ0n) is 13.5. The first kappa shape index (κ1) is 16.2. The average Bonchev–Trinajstić information content (AvgIpc) is 2.46. The van der Waals surface area contributed by atoms with E-state index in [2.05, 4.69) is 37.4 Å². The van der Waals surface area contributed by atoms with Gasteiger partial charge in [0, 0.05) is 6.54 Å². The number of aryl methyl sites for hydroxylation is 3. The zero-order chi connectivity index (χ0) is 16.1. The van der Waals surface area contributed by atoms with Crippen LogP contribution >= 0.6 is 0 Å². The minimum absolute atomic E-state index is 0.131. The Hall–Kier alpha value is -2.13. The Morgan fingerprint density at radius 3 is 2.18 bits per heavy atom. The number of amides is 1. The molecule has 0 bridgehead atoms. The van der Waals surface area contributed by atoms with Crippen molar-refractivity contribution in [2.24, 2.45) is 5.73 Å². The van der Waals surface area contributed by atoms with E-state index in [4.69, 9.17) is 5.73 Å². The summed E-state index contributed by atoms with van der Waals surface area (Å²) in [6.07, 6.45) is 0.814. The molecule has 0 heterocycles. The molecule has 0 aromatic heterocycles. The van der Waals surface area contributed by atoms with Gasteiger partial charge in [0.2, 0.25) is 5.91 Å². The van der Waals surface area contributed by atoms with Crippen LogP contribution < -0.4 is 11.1 Å². The number of rotatable bonds is 5. The highest BCUT2D eigenvalue weighted by Crippen LogP contribution is 2.12. The Kier molecular flexibility index (Phi) is 5.34. The second-order valence-electron chi connectivity index (χ2n) is 5.93. The maximum atomic E-state index is 12.1. The number of hydrogen-bond donors (Lipinski definition) is 2. The molecule has 0 aliphatic carbocycles. The molecule has 2 aromatic carbocycles. The molecule has 3 heteroatoms. The highest BCUT2D eigenvalue weighted by Gasteiger charge is 2.14. The molecule has 1 unspecified atom stereocenters. The van der Waals surface area contributed by atoms with E-state index in [9.17, 15) is 4.79 Å².